The molecule has 1 saturated carbocycles. The van der Waals surface area contributed by atoms with Crippen LogP contribution in [0.15, 0.2) is 30.6 Å². The third-order valence-corrected chi connectivity index (χ3v) is 5.09. The van der Waals surface area contributed by atoms with Gasteiger partial charge in [-0.25, -0.2) is 9.50 Å². The predicted octanol–water partition coefficient (Wildman–Crippen LogP) is 3.57. The molecule has 0 saturated heterocycles. The molecule has 0 unspecified atom stereocenters. The van der Waals surface area contributed by atoms with Gasteiger partial charge in [-0.3, -0.25) is 4.79 Å². The largest absolute Gasteiger partial charge is 0.361 e. The molecule has 136 valence electrons. The molecule has 0 radical (unpaired) electrons. The van der Waals surface area contributed by atoms with Crippen LogP contribution in [0, 0.1) is 19.4 Å². The van der Waals surface area contributed by atoms with Gasteiger partial charge in [-0.15, -0.1) is 4.98 Å². The number of nitrogens with zero attached hydrogens (tertiary/aromatic N) is 5. The number of amides is 1. The van der Waals surface area contributed by atoms with Crippen LogP contribution in [0.3, 0.4) is 0 Å². The Morgan fingerprint density at radius 1 is 1.33 bits per heavy atom. The molecule has 7 heteroatoms. The van der Waals surface area contributed by atoms with Crippen LogP contribution >= 0.6 is 0 Å². The zero-order valence-corrected chi connectivity index (χ0v) is 15.5. The second-order valence-electron chi connectivity index (χ2n) is 7.54. The van der Waals surface area contributed by atoms with Crippen molar-refractivity contribution >= 4 is 17.4 Å². The fourth-order valence-corrected chi connectivity index (χ4v) is 3.29. The van der Waals surface area contributed by atoms with Gasteiger partial charge in [0.2, 0.25) is 0 Å². The summed E-state index contributed by atoms with van der Waals surface area (Å²) in [7, 11) is 0. The van der Waals surface area contributed by atoms with Crippen LogP contribution in [-0.4, -0.2) is 31.0 Å². The Hall–Kier alpha value is -3.27. The van der Waals surface area contributed by atoms with Crippen LogP contribution in [0.5, 0.6) is 0 Å². The van der Waals surface area contributed by atoms with Gasteiger partial charge in [0.1, 0.15) is 11.8 Å². The van der Waals surface area contributed by atoms with Crippen molar-refractivity contribution in [2.45, 2.75) is 39.2 Å². The van der Waals surface area contributed by atoms with Gasteiger partial charge in [-0.1, -0.05) is 12.6 Å². The van der Waals surface area contributed by atoms with Crippen molar-refractivity contribution in [2.75, 3.05) is 0 Å². The number of aromatic nitrogens is 4. The maximum atomic E-state index is 12.9. The lowest BCUT2D eigenvalue weighted by atomic mass is 9.98. The highest BCUT2D eigenvalue weighted by Gasteiger charge is 2.39. The van der Waals surface area contributed by atoms with Crippen molar-refractivity contribution in [1.29, 1.82) is 0 Å². The van der Waals surface area contributed by atoms with E-state index in [1.165, 1.54) is 0 Å². The Labute approximate surface area is 157 Å². The number of fused-ring (bicyclic) bond motifs is 1. The molecular formula is C20H20N6O. The molecule has 3 heterocycles. The van der Waals surface area contributed by atoms with Crippen LogP contribution in [0.2, 0.25) is 0 Å². The molecule has 0 aliphatic heterocycles. The van der Waals surface area contributed by atoms with Crippen LogP contribution in [0.1, 0.15) is 42.7 Å². The van der Waals surface area contributed by atoms with E-state index in [1.807, 2.05) is 19.1 Å². The van der Waals surface area contributed by atoms with Gasteiger partial charge >= 0.3 is 0 Å². The predicted molar refractivity (Wildman–Crippen MR) is 101 cm³/mol. The summed E-state index contributed by atoms with van der Waals surface area (Å²) in [6, 6.07) is 5.36. The number of carbonyl (C=O) groups is 1. The van der Waals surface area contributed by atoms with Gasteiger partial charge in [0.15, 0.2) is 5.65 Å². The van der Waals surface area contributed by atoms with Gasteiger partial charge < -0.3 is 10.2 Å². The lowest BCUT2D eigenvalue weighted by Gasteiger charge is -2.25. The number of nitrogens with one attached hydrogen (secondary N) is 1. The number of aryl methyl sites for hydroxylation is 1. The summed E-state index contributed by atoms with van der Waals surface area (Å²) in [5.41, 5.74) is 3.09. The molecular weight excluding hydrogens is 340 g/mol. The van der Waals surface area contributed by atoms with E-state index in [-0.39, 0.29) is 11.4 Å². The van der Waals surface area contributed by atoms with Crippen molar-refractivity contribution in [3.63, 3.8) is 0 Å². The fourth-order valence-electron chi connectivity index (χ4n) is 3.29. The topological polar surface area (TPSA) is 76.5 Å². The highest BCUT2D eigenvalue weighted by atomic mass is 16.1. The quantitative estimate of drug-likeness (QED) is 0.722. The van der Waals surface area contributed by atoms with E-state index in [2.05, 4.69) is 39.1 Å². The molecule has 1 amide bonds. The summed E-state index contributed by atoms with van der Waals surface area (Å²) in [6.45, 7) is 13.0. The summed E-state index contributed by atoms with van der Waals surface area (Å²) < 4.78 is 1.67. The van der Waals surface area contributed by atoms with E-state index in [1.54, 1.807) is 23.0 Å². The van der Waals surface area contributed by atoms with Crippen molar-refractivity contribution < 1.29 is 4.79 Å². The molecule has 7 nitrogen and oxygen atoms in total. The Morgan fingerprint density at radius 2 is 2.11 bits per heavy atom. The number of pyridine rings is 1. The lowest BCUT2D eigenvalue weighted by molar-refractivity contribution is 0.0905. The second kappa shape index (κ2) is 6.16. The molecule has 1 aliphatic rings. The Bertz CT molecular complexity index is 1070. The Kier molecular flexibility index (Phi) is 3.92. The van der Waals surface area contributed by atoms with E-state index in [4.69, 9.17) is 6.57 Å². The van der Waals surface area contributed by atoms with E-state index in [0.717, 1.165) is 24.1 Å². The van der Waals surface area contributed by atoms with Crippen LogP contribution in [-0.2, 0) is 0 Å². The van der Waals surface area contributed by atoms with Gasteiger partial charge in [-0.05, 0) is 51.7 Å². The van der Waals surface area contributed by atoms with Crippen molar-refractivity contribution in [1.82, 2.24) is 24.9 Å². The van der Waals surface area contributed by atoms with E-state index in [9.17, 15) is 4.79 Å². The maximum absolute atomic E-state index is 12.9. The first-order chi connectivity index (χ1) is 12.9. The molecule has 3 aromatic heterocycles. The van der Waals surface area contributed by atoms with Crippen LogP contribution < -0.4 is 5.32 Å². The SMILES string of the molecule is [C-]#[N+]c1ccc(-c2cc(C)n3ncc(C(=O)NC(C)(C)C4CC4)c3n2)cn1. The molecule has 0 bridgehead atoms. The lowest BCUT2D eigenvalue weighted by Crippen LogP contribution is -2.45. The summed E-state index contributed by atoms with van der Waals surface area (Å²) in [6.07, 6.45) is 5.49. The molecule has 1 fully saturated rings. The zero-order chi connectivity index (χ0) is 19.2. The minimum Gasteiger partial charge on any atom is -0.361 e. The van der Waals surface area contributed by atoms with Gasteiger partial charge in [0.05, 0.1) is 11.9 Å². The molecule has 1 aliphatic carbocycles. The molecule has 0 spiro atoms. The normalized spacial score (nSPS) is 14.1. The first-order valence-electron chi connectivity index (χ1n) is 8.91. The molecule has 27 heavy (non-hydrogen) atoms. The van der Waals surface area contributed by atoms with Gasteiger partial charge in [0.25, 0.3) is 11.7 Å². The van der Waals surface area contributed by atoms with Crippen molar-refractivity contribution in [3.05, 3.63) is 53.3 Å². The summed E-state index contributed by atoms with van der Waals surface area (Å²) in [5, 5.41) is 7.46. The van der Waals surface area contributed by atoms with Gasteiger partial charge in [0, 0.05) is 16.8 Å². The highest BCUT2D eigenvalue weighted by Crippen LogP contribution is 2.39. The Balaban J connectivity index is 1.73. The number of carbonyl (C=O) groups excluding carboxylic acids is 1. The number of rotatable bonds is 4. The maximum Gasteiger partial charge on any atom is 0.269 e. The smallest absolute Gasteiger partial charge is 0.269 e. The van der Waals surface area contributed by atoms with Gasteiger partial charge in [-0.2, -0.15) is 5.10 Å². The van der Waals surface area contributed by atoms with Crippen LogP contribution in [0.4, 0.5) is 5.82 Å². The van der Waals surface area contributed by atoms with E-state index < -0.39 is 0 Å². The average Bonchev–Trinajstić information content (AvgIpc) is 3.42. The van der Waals surface area contributed by atoms with Crippen LogP contribution in [0.25, 0.3) is 21.7 Å². The molecule has 4 rings (SSSR count). The van der Waals surface area contributed by atoms with Crippen molar-refractivity contribution in [3.8, 4) is 11.3 Å². The number of hydrogen-bond acceptors (Lipinski definition) is 4. The summed E-state index contributed by atoms with van der Waals surface area (Å²) in [4.78, 5) is 24.9. The third kappa shape index (κ3) is 3.14. The zero-order valence-electron chi connectivity index (χ0n) is 15.5. The first-order valence-corrected chi connectivity index (χ1v) is 8.91. The van der Waals surface area contributed by atoms with E-state index in [0.29, 0.717) is 28.6 Å². The summed E-state index contributed by atoms with van der Waals surface area (Å²) >= 11 is 0. The standard InChI is InChI=1S/C20H20N6O/c1-12-9-16(13-5-8-17(21-4)22-10-13)24-18-15(11-23-26(12)18)19(27)25-20(2,3)14-6-7-14/h5,8-11,14H,6-7H2,1-3H3,(H,25,27). The highest BCUT2D eigenvalue weighted by molar-refractivity contribution is 6.00. The third-order valence-electron chi connectivity index (χ3n) is 5.09. The minimum absolute atomic E-state index is 0.160. The fraction of sp³-hybridized carbons (Fsp3) is 0.350. The second-order valence-corrected chi connectivity index (χ2v) is 7.54. The molecule has 1 N–H and O–H groups in total. The summed E-state index contributed by atoms with van der Waals surface area (Å²) in [5.74, 6) is 0.705. The molecule has 0 aromatic carbocycles. The van der Waals surface area contributed by atoms with E-state index >= 15 is 0 Å². The molecule has 3 aromatic rings. The van der Waals surface area contributed by atoms with Crippen molar-refractivity contribution in [2.24, 2.45) is 5.92 Å². The monoisotopic (exact) mass is 360 g/mol. The molecule has 0 atom stereocenters. The first kappa shape index (κ1) is 17.2. The average molecular weight is 360 g/mol. The number of hydrogen-bond donors (Lipinski definition) is 1. The minimum atomic E-state index is -0.239. The Morgan fingerprint density at radius 3 is 2.74 bits per heavy atom.